The number of rotatable bonds is 5. The third kappa shape index (κ3) is 4.37. The van der Waals surface area contributed by atoms with Crippen molar-refractivity contribution < 1.29 is 18.0 Å². The molecule has 1 N–H and O–H groups in total. The van der Waals surface area contributed by atoms with E-state index in [-0.39, 0.29) is 5.91 Å². The molecule has 0 radical (unpaired) electrons. The summed E-state index contributed by atoms with van der Waals surface area (Å²) in [5.74, 6) is -0.102. The predicted molar refractivity (Wildman–Crippen MR) is 87.1 cm³/mol. The number of carbonyl (C=O) groups is 1. The number of hydrogen-bond donors (Lipinski definition) is 1. The van der Waals surface area contributed by atoms with Crippen LogP contribution in [-0.4, -0.2) is 21.8 Å². The quantitative estimate of drug-likeness (QED) is 0.770. The van der Waals surface area contributed by atoms with Crippen LogP contribution in [0.1, 0.15) is 16.8 Å². The summed E-state index contributed by atoms with van der Waals surface area (Å²) in [7, 11) is 0. The van der Waals surface area contributed by atoms with Gasteiger partial charge < -0.3 is 9.72 Å². The summed E-state index contributed by atoms with van der Waals surface area (Å²) in [6, 6.07) is 11.7. The van der Waals surface area contributed by atoms with E-state index in [1.165, 1.54) is 10.5 Å². The van der Waals surface area contributed by atoms with E-state index >= 15 is 0 Å². The summed E-state index contributed by atoms with van der Waals surface area (Å²) in [6.07, 6.45) is -1.08. The number of imidazole rings is 1. The van der Waals surface area contributed by atoms with Gasteiger partial charge in [0.15, 0.2) is 0 Å². The Morgan fingerprint density at radius 3 is 2.56 bits per heavy atom. The molecule has 3 aromatic rings. The maximum Gasteiger partial charge on any atom is 0.417 e. The molecule has 0 aliphatic rings. The Bertz CT molecular complexity index is 872. The Hall–Kier alpha value is -2.83. The van der Waals surface area contributed by atoms with Crippen LogP contribution in [0.15, 0.2) is 54.9 Å². The Morgan fingerprint density at radius 2 is 1.84 bits per heavy atom. The first kappa shape index (κ1) is 17.0. The van der Waals surface area contributed by atoms with Crippen molar-refractivity contribution in [1.29, 1.82) is 0 Å². The number of fused-ring (bicyclic) bond motifs is 1. The fraction of sp³-hybridized carbons (Fsp3) is 0.222. The molecule has 0 unspecified atom stereocenters. The second-order valence-electron chi connectivity index (χ2n) is 5.68. The van der Waals surface area contributed by atoms with Gasteiger partial charge in [-0.25, -0.2) is 4.98 Å². The number of hydrogen-bond acceptors (Lipinski definition) is 2. The van der Waals surface area contributed by atoms with E-state index in [2.05, 4.69) is 10.3 Å². The van der Waals surface area contributed by atoms with E-state index in [0.717, 1.165) is 17.8 Å². The average molecular weight is 347 g/mol. The molecule has 4 nitrogen and oxygen atoms in total. The van der Waals surface area contributed by atoms with Crippen molar-refractivity contribution >= 4 is 11.6 Å². The summed E-state index contributed by atoms with van der Waals surface area (Å²) in [6.45, 7) is 0.377. The summed E-state index contributed by atoms with van der Waals surface area (Å²) in [4.78, 5) is 16.1. The van der Waals surface area contributed by atoms with Gasteiger partial charge in [-0.1, -0.05) is 30.3 Å². The zero-order chi connectivity index (χ0) is 17.9. The van der Waals surface area contributed by atoms with Crippen molar-refractivity contribution in [2.24, 2.45) is 0 Å². The Labute approximate surface area is 142 Å². The second-order valence-corrected chi connectivity index (χ2v) is 5.68. The molecule has 7 heteroatoms. The molecular formula is C18H16F3N3O. The summed E-state index contributed by atoms with van der Waals surface area (Å²) >= 11 is 0. The third-order valence-corrected chi connectivity index (χ3v) is 3.74. The minimum Gasteiger partial charge on any atom is -0.355 e. The summed E-state index contributed by atoms with van der Waals surface area (Å²) < 4.78 is 39.5. The van der Waals surface area contributed by atoms with Gasteiger partial charge in [0.2, 0.25) is 5.91 Å². The third-order valence-electron chi connectivity index (χ3n) is 3.74. The monoisotopic (exact) mass is 347 g/mol. The zero-order valence-corrected chi connectivity index (χ0v) is 13.3. The Balaban J connectivity index is 1.57. The van der Waals surface area contributed by atoms with Crippen LogP contribution in [0.2, 0.25) is 0 Å². The molecule has 0 aliphatic carbocycles. The minimum atomic E-state index is -4.38. The molecule has 25 heavy (non-hydrogen) atoms. The summed E-state index contributed by atoms with van der Waals surface area (Å²) in [5, 5.41) is 2.79. The molecule has 2 aromatic heterocycles. The molecule has 0 aliphatic heterocycles. The van der Waals surface area contributed by atoms with Crippen LogP contribution in [-0.2, 0) is 23.8 Å². The van der Waals surface area contributed by atoms with Crippen LogP contribution in [0.25, 0.3) is 5.65 Å². The van der Waals surface area contributed by atoms with Gasteiger partial charge in [0.25, 0.3) is 0 Å². The van der Waals surface area contributed by atoms with E-state index in [9.17, 15) is 18.0 Å². The first-order valence-corrected chi connectivity index (χ1v) is 7.77. The van der Waals surface area contributed by atoms with Crippen molar-refractivity contribution in [3.05, 3.63) is 71.7 Å². The van der Waals surface area contributed by atoms with Crippen molar-refractivity contribution in [3.63, 3.8) is 0 Å². The van der Waals surface area contributed by atoms with Gasteiger partial charge in [0.1, 0.15) is 5.65 Å². The SMILES string of the molecule is O=C(Cc1ccccc1)NCCc1cn2cc(C(F)(F)F)ccc2n1. The van der Waals surface area contributed by atoms with E-state index in [0.29, 0.717) is 30.7 Å². The van der Waals surface area contributed by atoms with E-state index in [1.807, 2.05) is 30.3 Å². The van der Waals surface area contributed by atoms with Crippen molar-refractivity contribution in [3.8, 4) is 0 Å². The largest absolute Gasteiger partial charge is 0.417 e. The van der Waals surface area contributed by atoms with E-state index in [1.54, 1.807) is 6.20 Å². The maximum atomic E-state index is 12.7. The van der Waals surface area contributed by atoms with Gasteiger partial charge in [-0.3, -0.25) is 4.79 Å². The molecule has 130 valence electrons. The molecule has 0 saturated heterocycles. The van der Waals surface area contributed by atoms with Gasteiger partial charge in [0, 0.05) is 25.4 Å². The van der Waals surface area contributed by atoms with E-state index in [4.69, 9.17) is 0 Å². The highest BCUT2D eigenvalue weighted by molar-refractivity contribution is 5.78. The highest BCUT2D eigenvalue weighted by atomic mass is 19.4. The molecule has 0 bridgehead atoms. The molecule has 0 saturated carbocycles. The van der Waals surface area contributed by atoms with Gasteiger partial charge in [-0.2, -0.15) is 13.2 Å². The first-order valence-electron chi connectivity index (χ1n) is 7.77. The number of carbonyl (C=O) groups excluding carboxylic acids is 1. The lowest BCUT2D eigenvalue weighted by atomic mass is 10.1. The smallest absolute Gasteiger partial charge is 0.355 e. The molecular weight excluding hydrogens is 331 g/mol. The van der Waals surface area contributed by atoms with E-state index < -0.39 is 11.7 Å². The lowest BCUT2D eigenvalue weighted by molar-refractivity contribution is -0.137. The lowest BCUT2D eigenvalue weighted by Gasteiger charge is -2.05. The van der Waals surface area contributed by atoms with Crippen LogP contribution in [0.3, 0.4) is 0 Å². The molecule has 0 atom stereocenters. The van der Waals surface area contributed by atoms with Crippen molar-refractivity contribution in [2.75, 3.05) is 6.54 Å². The lowest BCUT2D eigenvalue weighted by Crippen LogP contribution is -2.27. The molecule has 0 spiro atoms. The Morgan fingerprint density at radius 1 is 1.08 bits per heavy atom. The van der Waals surface area contributed by atoms with Crippen LogP contribution in [0.5, 0.6) is 0 Å². The normalized spacial score (nSPS) is 11.6. The molecule has 0 fully saturated rings. The molecule has 1 amide bonds. The Kier molecular flexibility index (Phi) is 4.74. The average Bonchev–Trinajstić information content (AvgIpc) is 2.96. The van der Waals surface area contributed by atoms with Crippen molar-refractivity contribution in [2.45, 2.75) is 19.0 Å². The van der Waals surface area contributed by atoms with Crippen LogP contribution in [0, 0.1) is 0 Å². The van der Waals surface area contributed by atoms with Crippen LogP contribution in [0.4, 0.5) is 13.2 Å². The fourth-order valence-electron chi connectivity index (χ4n) is 2.51. The number of nitrogens with zero attached hydrogens (tertiary/aromatic N) is 2. The summed E-state index contributed by atoms with van der Waals surface area (Å²) in [5.41, 5.74) is 1.27. The van der Waals surface area contributed by atoms with Gasteiger partial charge in [-0.05, 0) is 17.7 Å². The van der Waals surface area contributed by atoms with Gasteiger partial charge >= 0.3 is 6.18 Å². The first-order chi connectivity index (χ1) is 11.9. The molecule has 3 rings (SSSR count). The number of halogens is 3. The van der Waals surface area contributed by atoms with Crippen LogP contribution >= 0.6 is 0 Å². The van der Waals surface area contributed by atoms with Crippen molar-refractivity contribution in [1.82, 2.24) is 14.7 Å². The second kappa shape index (κ2) is 6.96. The minimum absolute atomic E-state index is 0.102. The highest BCUT2D eigenvalue weighted by Gasteiger charge is 2.30. The number of benzene rings is 1. The standard InChI is InChI=1S/C18H16F3N3O/c19-18(20,21)14-6-7-16-23-15(12-24(16)11-14)8-9-22-17(25)10-13-4-2-1-3-5-13/h1-7,11-12H,8-10H2,(H,22,25). The van der Waals surface area contributed by atoms with Gasteiger partial charge in [-0.15, -0.1) is 0 Å². The predicted octanol–water partition coefficient (Wildman–Crippen LogP) is 3.25. The molecule has 1 aromatic carbocycles. The van der Waals surface area contributed by atoms with Gasteiger partial charge in [0.05, 0.1) is 17.7 Å². The van der Waals surface area contributed by atoms with Crippen LogP contribution < -0.4 is 5.32 Å². The maximum absolute atomic E-state index is 12.7. The topological polar surface area (TPSA) is 46.4 Å². The number of alkyl halides is 3. The zero-order valence-electron chi connectivity index (χ0n) is 13.3. The number of aromatic nitrogens is 2. The molecule has 2 heterocycles. The number of nitrogens with one attached hydrogen (secondary N) is 1. The number of pyridine rings is 1. The highest BCUT2D eigenvalue weighted by Crippen LogP contribution is 2.29. The number of amides is 1. The fourth-order valence-corrected chi connectivity index (χ4v) is 2.51.